The molecule has 122 valence electrons. The third kappa shape index (κ3) is 4.66. The Morgan fingerprint density at radius 2 is 2.05 bits per heavy atom. The fraction of sp³-hybridized carbons (Fsp3) is 0.938. The highest BCUT2D eigenvalue weighted by atomic mass is 16.5. The Morgan fingerprint density at radius 1 is 1.38 bits per heavy atom. The van der Waals surface area contributed by atoms with Gasteiger partial charge in [-0.3, -0.25) is 15.0 Å². The van der Waals surface area contributed by atoms with Crippen LogP contribution in [0.1, 0.15) is 39.5 Å². The van der Waals surface area contributed by atoms with E-state index in [4.69, 9.17) is 4.74 Å². The Bertz CT molecular complexity index is 353. The second-order valence-corrected chi connectivity index (χ2v) is 7.09. The number of methoxy groups -OCH3 is 1. The summed E-state index contributed by atoms with van der Waals surface area (Å²) in [7, 11) is 1.70. The maximum Gasteiger partial charge on any atom is 0.325 e. The van der Waals surface area contributed by atoms with Crippen LogP contribution in [-0.2, 0) is 9.53 Å². The van der Waals surface area contributed by atoms with Gasteiger partial charge in [-0.05, 0) is 37.5 Å². The van der Waals surface area contributed by atoms with Crippen molar-refractivity contribution in [3.63, 3.8) is 0 Å². The molecule has 2 saturated carbocycles. The van der Waals surface area contributed by atoms with E-state index in [1.165, 1.54) is 0 Å². The van der Waals surface area contributed by atoms with Gasteiger partial charge in [0.25, 0.3) is 0 Å². The molecule has 21 heavy (non-hydrogen) atoms. The average molecular weight is 298 g/mol. The molecule has 0 radical (unpaired) electrons. The Kier molecular flexibility index (Phi) is 5.63. The summed E-state index contributed by atoms with van der Waals surface area (Å²) in [5, 5.41) is 13.4. The third-order valence-corrected chi connectivity index (χ3v) is 4.40. The lowest BCUT2D eigenvalue weighted by molar-refractivity contribution is -0.147. The summed E-state index contributed by atoms with van der Waals surface area (Å²) in [6.07, 6.45) is 4.30. The predicted octanol–water partition coefficient (Wildman–Crippen LogP) is 1.58. The summed E-state index contributed by atoms with van der Waals surface area (Å²) in [6.45, 7) is 7.29. The molecular weight excluding hydrogens is 268 g/mol. The van der Waals surface area contributed by atoms with Crippen molar-refractivity contribution >= 4 is 5.97 Å². The standard InChI is InChI=1S/C16H30N2O3/c1-12(2)10-18(8-9-21-3)11-16(15(19)20,13-4-5-13)17-14-6-7-14/h12-14,17H,4-11H2,1-3H3,(H,19,20). The first-order valence-corrected chi connectivity index (χ1v) is 8.20. The molecule has 0 bridgehead atoms. The highest BCUT2D eigenvalue weighted by Crippen LogP contribution is 2.42. The molecule has 0 aromatic rings. The summed E-state index contributed by atoms with van der Waals surface area (Å²) in [6, 6.07) is 0.407. The number of ether oxygens (including phenoxy) is 1. The van der Waals surface area contributed by atoms with Crippen LogP contribution < -0.4 is 5.32 Å². The van der Waals surface area contributed by atoms with Crippen LogP contribution in [0.15, 0.2) is 0 Å². The van der Waals surface area contributed by atoms with Crippen molar-refractivity contribution in [2.75, 3.05) is 33.4 Å². The zero-order valence-electron chi connectivity index (χ0n) is 13.6. The van der Waals surface area contributed by atoms with Gasteiger partial charge in [-0.1, -0.05) is 13.8 Å². The summed E-state index contributed by atoms with van der Waals surface area (Å²) < 4.78 is 5.19. The van der Waals surface area contributed by atoms with Gasteiger partial charge in [-0.15, -0.1) is 0 Å². The van der Waals surface area contributed by atoms with Crippen molar-refractivity contribution in [3.05, 3.63) is 0 Å². The molecule has 5 nitrogen and oxygen atoms in total. The first-order valence-electron chi connectivity index (χ1n) is 8.20. The monoisotopic (exact) mass is 298 g/mol. The largest absolute Gasteiger partial charge is 0.480 e. The molecule has 0 amide bonds. The summed E-state index contributed by atoms with van der Waals surface area (Å²) in [5.41, 5.74) is -0.760. The maximum absolute atomic E-state index is 12.0. The molecule has 2 aliphatic rings. The molecule has 0 aliphatic heterocycles. The summed E-state index contributed by atoms with van der Waals surface area (Å²) in [5.74, 6) is 0.129. The lowest BCUT2D eigenvalue weighted by Crippen LogP contribution is -2.62. The normalized spacial score (nSPS) is 21.8. The minimum Gasteiger partial charge on any atom is -0.480 e. The lowest BCUT2D eigenvalue weighted by Gasteiger charge is -2.37. The van der Waals surface area contributed by atoms with Crippen molar-refractivity contribution < 1.29 is 14.6 Å². The molecular formula is C16H30N2O3. The second-order valence-electron chi connectivity index (χ2n) is 7.09. The molecule has 2 fully saturated rings. The minimum atomic E-state index is -0.760. The van der Waals surface area contributed by atoms with E-state index in [1.807, 2.05) is 0 Å². The van der Waals surface area contributed by atoms with Gasteiger partial charge in [0.2, 0.25) is 0 Å². The van der Waals surface area contributed by atoms with Crippen LogP contribution >= 0.6 is 0 Å². The fourth-order valence-corrected chi connectivity index (χ4v) is 3.09. The SMILES string of the molecule is COCCN(CC(C)C)CC(NC1CC1)(C(=O)O)C1CC1. The first-order chi connectivity index (χ1) is 9.98. The smallest absolute Gasteiger partial charge is 0.325 e. The number of carboxylic acids is 1. The number of carbonyl (C=O) groups is 1. The predicted molar refractivity (Wildman–Crippen MR) is 82.4 cm³/mol. The van der Waals surface area contributed by atoms with Crippen LogP contribution in [0.3, 0.4) is 0 Å². The first kappa shape index (κ1) is 16.7. The molecule has 2 rings (SSSR count). The van der Waals surface area contributed by atoms with Crippen molar-refractivity contribution in [2.24, 2.45) is 11.8 Å². The van der Waals surface area contributed by atoms with Crippen LogP contribution in [0.2, 0.25) is 0 Å². The van der Waals surface area contributed by atoms with E-state index in [-0.39, 0.29) is 5.92 Å². The lowest BCUT2D eigenvalue weighted by atomic mass is 9.91. The number of carboxylic acid groups (broad SMARTS) is 1. The van der Waals surface area contributed by atoms with E-state index in [2.05, 4.69) is 24.1 Å². The van der Waals surface area contributed by atoms with Crippen molar-refractivity contribution in [3.8, 4) is 0 Å². The van der Waals surface area contributed by atoms with Gasteiger partial charge in [0, 0.05) is 32.8 Å². The Labute approximate surface area is 128 Å². The average Bonchev–Trinajstić information content (AvgIpc) is 3.25. The van der Waals surface area contributed by atoms with Crippen LogP contribution in [-0.4, -0.2) is 60.9 Å². The van der Waals surface area contributed by atoms with E-state index in [0.717, 1.165) is 38.8 Å². The van der Waals surface area contributed by atoms with Crippen LogP contribution in [0.4, 0.5) is 0 Å². The summed E-state index contributed by atoms with van der Waals surface area (Å²) in [4.78, 5) is 14.3. The number of rotatable bonds is 11. The van der Waals surface area contributed by atoms with Crippen molar-refractivity contribution in [1.29, 1.82) is 0 Å². The molecule has 1 unspecified atom stereocenters. The number of hydrogen-bond acceptors (Lipinski definition) is 4. The van der Waals surface area contributed by atoms with Gasteiger partial charge in [-0.25, -0.2) is 0 Å². The van der Waals surface area contributed by atoms with Gasteiger partial charge < -0.3 is 9.84 Å². The fourth-order valence-electron chi connectivity index (χ4n) is 3.09. The quantitative estimate of drug-likeness (QED) is 0.606. The molecule has 0 saturated heterocycles. The molecule has 0 spiro atoms. The van der Waals surface area contributed by atoms with E-state index in [1.54, 1.807) is 7.11 Å². The summed E-state index contributed by atoms with van der Waals surface area (Å²) >= 11 is 0. The second kappa shape index (κ2) is 7.07. The molecule has 5 heteroatoms. The Morgan fingerprint density at radius 3 is 2.48 bits per heavy atom. The van der Waals surface area contributed by atoms with E-state index >= 15 is 0 Å². The molecule has 0 aromatic carbocycles. The number of nitrogens with one attached hydrogen (secondary N) is 1. The van der Waals surface area contributed by atoms with Gasteiger partial charge in [0.15, 0.2) is 0 Å². The Balaban J connectivity index is 2.07. The van der Waals surface area contributed by atoms with Crippen molar-refractivity contribution in [2.45, 2.75) is 51.1 Å². The highest BCUT2D eigenvalue weighted by molar-refractivity contribution is 5.80. The third-order valence-electron chi connectivity index (χ3n) is 4.40. The zero-order chi connectivity index (χ0) is 15.5. The van der Waals surface area contributed by atoms with E-state index in [0.29, 0.717) is 25.1 Å². The van der Waals surface area contributed by atoms with E-state index in [9.17, 15) is 9.90 Å². The highest BCUT2D eigenvalue weighted by Gasteiger charge is 2.53. The molecule has 1 atom stereocenters. The molecule has 0 heterocycles. The molecule has 2 aliphatic carbocycles. The minimum absolute atomic E-state index is 0.285. The van der Waals surface area contributed by atoms with Gasteiger partial charge in [-0.2, -0.15) is 0 Å². The van der Waals surface area contributed by atoms with Crippen LogP contribution in [0.5, 0.6) is 0 Å². The maximum atomic E-state index is 12.0. The van der Waals surface area contributed by atoms with Crippen molar-refractivity contribution in [1.82, 2.24) is 10.2 Å². The topological polar surface area (TPSA) is 61.8 Å². The van der Waals surface area contributed by atoms with Gasteiger partial charge >= 0.3 is 5.97 Å². The zero-order valence-corrected chi connectivity index (χ0v) is 13.6. The van der Waals surface area contributed by atoms with Gasteiger partial charge in [0.05, 0.1) is 6.61 Å². The number of hydrogen-bond donors (Lipinski definition) is 2. The van der Waals surface area contributed by atoms with Gasteiger partial charge in [0.1, 0.15) is 5.54 Å². The van der Waals surface area contributed by atoms with Crippen LogP contribution in [0, 0.1) is 11.8 Å². The number of aliphatic carboxylic acids is 1. The number of nitrogens with zero attached hydrogens (tertiary/aromatic N) is 1. The molecule has 0 aromatic heterocycles. The molecule has 2 N–H and O–H groups in total. The van der Waals surface area contributed by atoms with E-state index < -0.39 is 11.5 Å². The van der Waals surface area contributed by atoms with Crippen LogP contribution in [0.25, 0.3) is 0 Å². The Hall–Kier alpha value is -0.650.